The number of methoxy groups -OCH3 is 1. The van der Waals surface area contributed by atoms with Crippen molar-refractivity contribution in [1.82, 2.24) is 0 Å². The lowest BCUT2D eigenvalue weighted by atomic mass is 9.98. The summed E-state index contributed by atoms with van der Waals surface area (Å²) >= 11 is 0. The lowest BCUT2D eigenvalue weighted by Gasteiger charge is -2.12. The summed E-state index contributed by atoms with van der Waals surface area (Å²) in [5, 5.41) is 0. The summed E-state index contributed by atoms with van der Waals surface area (Å²) in [6.45, 7) is 7.70. The Morgan fingerprint density at radius 3 is 2.46 bits per heavy atom. The third-order valence-electron chi connectivity index (χ3n) is 3.93. The minimum atomic E-state index is -0.566. The SMILES string of the molecule is COC(=O)c1oc(COC(=O)COc2ccc(C(C)C)c(C)c2)cc1C. The highest BCUT2D eigenvalue weighted by Crippen LogP contribution is 2.23. The van der Waals surface area contributed by atoms with Gasteiger partial charge in [-0.1, -0.05) is 19.9 Å². The fourth-order valence-corrected chi connectivity index (χ4v) is 2.64. The molecule has 0 unspecified atom stereocenters. The van der Waals surface area contributed by atoms with Crippen LogP contribution in [0.1, 0.15) is 52.8 Å². The molecular formula is C20H24O6. The van der Waals surface area contributed by atoms with Crippen LogP contribution in [0.2, 0.25) is 0 Å². The first-order chi connectivity index (χ1) is 12.3. The molecule has 6 nitrogen and oxygen atoms in total. The minimum absolute atomic E-state index is 0.0780. The van der Waals surface area contributed by atoms with Gasteiger partial charge < -0.3 is 18.6 Å². The molecule has 0 aliphatic carbocycles. The number of ether oxygens (including phenoxy) is 3. The van der Waals surface area contributed by atoms with Crippen LogP contribution in [-0.4, -0.2) is 25.7 Å². The Labute approximate surface area is 153 Å². The molecule has 140 valence electrons. The van der Waals surface area contributed by atoms with Crippen LogP contribution in [0.5, 0.6) is 5.75 Å². The average Bonchev–Trinajstić information content (AvgIpc) is 2.98. The van der Waals surface area contributed by atoms with Crippen molar-refractivity contribution < 1.29 is 28.2 Å². The quantitative estimate of drug-likeness (QED) is 0.697. The van der Waals surface area contributed by atoms with Crippen LogP contribution < -0.4 is 4.74 Å². The van der Waals surface area contributed by atoms with E-state index in [4.69, 9.17) is 13.9 Å². The Hall–Kier alpha value is -2.76. The highest BCUT2D eigenvalue weighted by atomic mass is 16.6. The van der Waals surface area contributed by atoms with Crippen molar-refractivity contribution in [2.75, 3.05) is 13.7 Å². The zero-order chi connectivity index (χ0) is 19.3. The molecule has 0 fully saturated rings. The van der Waals surface area contributed by atoms with E-state index in [1.54, 1.807) is 13.0 Å². The molecule has 0 aliphatic rings. The molecule has 2 rings (SSSR count). The van der Waals surface area contributed by atoms with Gasteiger partial charge in [0.05, 0.1) is 7.11 Å². The number of hydrogen-bond donors (Lipinski definition) is 0. The smallest absolute Gasteiger partial charge is 0.374 e. The molecule has 0 N–H and O–H groups in total. The van der Waals surface area contributed by atoms with Gasteiger partial charge in [0.15, 0.2) is 6.61 Å². The maximum Gasteiger partial charge on any atom is 0.374 e. The summed E-state index contributed by atoms with van der Waals surface area (Å²) in [6.07, 6.45) is 0. The van der Waals surface area contributed by atoms with Crippen molar-refractivity contribution in [3.8, 4) is 5.75 Å². The zero-order valence-corrected chi connectivity index (χ0v) is 15.8. The van der Waals surface area contributed by atoms with Crippen LogP contribution >= 0.6 is 0 Å². The van der Waals surface area contributed by atoms with Crippen molar-refractivity contribution in [3.05, 3.63) is 52.5 Å². The van der Waals surface area contributed by atoms with Crippen molar-refractivity contribution in [3.63, 3.8) is 0 Å². The van der Waals surface area contributed by atoms with E-state index >= 15 is 0 Å². The van der Waals surface area contributed by atoms with Crippen LogP contribution in [0.15, 0.2) is 28.7 Å². The van der Waals surface area contributed by atoms with Gasteiger partial charge in [-0.15, -0.1) is 0 Å². The average molecular weight is 360 g/mol. The van der Waals surface area contributed by atoms with Crippen LogP contribution in [-0.2, 0) is 20.9 Å². The molecule has 0 amide bonds. The van der Waals surface area contributed by atoms with E-state index in [-0.39, 0.29) is 19.0 Å². The Kier molecular flexibility index (Phi) is 6.44. The Morgan fingerprint density at radius 1 is 1.12 bits per heavy atom. The van der Waals surface area contributed by atoms with Crippen LogP contribution in [0.4, 0.5) is 0 Å². The second kappa shape index (κ2) is 8.56. The predicted octanol–water partition coefficient (Wildman–Crippen LogP) is 3.93. The standard InChI is InChI=1S/C20H24O6/c1-12(2)17-7-6-15(8-13(17)3)24-11-18(21)25-10-16-9-14(4)19(26-16)20(22)23-5/h6-9,12H,10-11H2,1-5H3. The van der Waals surface area contributed by atoms with Gasteiger partial charge in [-0.2, -0.15) is 0 Å². The zero-order valence-electron chi connectivity index (χ0n) is 15.8. The van der Waals surface area contributed by atoms with Gasteiger partial charge in [-0.25, -0.2) is 9.59 Å². The van der Waals surface area contributed by atoms with E-state index in [2.05, 4.69) is 18.6 Å². The summed E-state index contributed by atoms with van der Waals surface area (Å²) in [7, 11) is 1.27. The van der Waals surface area contributed by atoms with Crippen molar-refractivity contribution >= 4 is 11.9 Å². The van der Waals surface area contributed by atoms with Gasteiger partial charge in [-0.05, 0) is 49.1 Å². The third kappa shape index (κ3) is 4.88. The van der Waals surface area contributed by atoms with Gasteiger partial charge in [0.1, 0.15) is 18.1 Å². The number of carbonyl (C=O) groups excluding carboxylic acids is 2. The summed E-state index contributed by atoms with van der Waals surface area (Å²) < 4.78 is 20.5. The first-order valence-electron chi connectivity index (χ1n) is 8.38. The predicted molar refractivity (Wildman–Crippen MR) is 95.3 cm³/mol. The molecule has 0 aliphatic heterocycles. The molecular weight excluding hydrogens is 336 g/mol. The second-order valence-corrected chi connectivity index (χ2v) is 6.34. The summed E-state index contributed by atoms with van der Waals surface area (Å²) in [5.41, 5.74) is 2.99. The normalized spacial score (nSPS) is 10.7. The number of hydrogen-bond acceptors (Lipinski definition) is 6. The highest BCUT2D eigenvalue weighted by Gasteiger charge is 2.17. The lowest BCUT2D eigenvalue weighted by molar-refractivity contribution is -0.147. The maximum atomic E-state index is 11.9. The van der Waals surface area contributed by atoms with E-state index in [1.807, 2.05) is 25.1 Å². The molecule has 1 aromatic heterocycles. The van der Waals surface area contributed by atoms with E-state index in [0.717, 1.165) is 5.56 Å². The van der Waals surface area contributed by atoms with E-state index < -0.39 is 11.9 Å². The van der Waals surface area contributed by atoms with Crippen LogP contribution in [0, 0.1) is 13.8 Å². The van der Waals surface area contributed by atoms with Crippen molar-refractivity contribution in [2.24, 2.45) is 0 Å². The van der Waals surface area contributed by atoms with Gasteiger partial charge >= 0.3 is 11.9 Å². The molecule has 0 radical (unpaired) electrons. The topological polar surface area (TPSA) is 75.0 Å². The lowest BCUT2D eigenvalue weighted by Crippen LogP contribution is -2.14. The van der Waals surface area contributed by atoms with E-state index in [1.165, 1.54) is 12.7 Å². The molecule has 0 atom stereocenters. The maximum absolute atomic E-state index is 11.9. The van der Waals surface area contributed by atoms with Crippen molar-refractivity contribution in [2.45, 2.75) is 40.2 Å². The van der Waals surface area contributed by atoms with Gasteiger partial charge in [0, 0.05) is 5.56 Å². The Bertz CT molecular complexity index is 788. The molecule has 0 saturated heterocycles. The molecule has 0 spiro atoms. The molecule has 6 heteroatoms. The fourth-order valence-electron chi connectivity index (χ4n) is 2.64. The van der Waals surface area contributed by atoms with Gasteiger partial charge in [0.25, 0.3) is 0 Å². The minimum Gasteiger partial charge on any atom is -0.482 e. The number of aryl methyl sites for hydroxylation is 2. The fraction of sp³-hybridized carbons (Fsp3) is 0.400. The third-order valence-corrected chi connectivity index (χ3v) is 3.93. The van der Waals surface area contributed by atoms with E-state index in [9.17, 15) is 9.59 Å². The largest absolute Gasteiger partial charge is 0.482 e. The highest BCUT2D eigenvalue weighted by molar-refractivity contribution is 5.87. The Morgan fingerprint density at radius 2 is 1.85 bits per heavy atom. The summed E-state index contributed by atoms with van der Waals surface area (Å²) in [6, 6.07) is 7.38. The first kappa shape index (κ1) is 19.6. The van der Waals surface area contributed by atoms with Gasteiger partial charge in [0.2, 0.25) is 5.76 Å². The first-order valence-corrected chi connectivity index (χ1v) is 8.38. The number of esters is 2. The Balaban J connectivity index is 1.86. The molecule has 2 aromatic rings. The molecule has 1 aromatic carbocycles. The van der Waals surface area contributed by atoms with Crippen LogP contribution in [0.3, 0.4) is 0 Å². The number of rotatable bonds is 7. The molecule has 1 heterocycles. The van der Waals surface area contributed by atoms with Gasteiger partial charge in [-0.3, -0.25) is 0 Å². The van der Waals surface area contributed by atoms with Crippen LogP contribution in [0.25, 0.3) is 0 Å². The van der Waals surface area contributed by atoms with E-state index in [0.29, 0.717) is 23.0 Å². The van der Waals surface area contributed by atoms with Crippen molar-refractivity contribution in [1.29, 1.82) is 0 Å². The monoisotopic (exact) mass is 360 g/mol. The molecule has 0 bridgehead atoms. The second-order valence-electron chi connectivity index (χ2n) is 6.34. The number of furan rings is 1. The number of carbonyl (C=O) groups is 2. The molecule has 0 saturated carbocycles. The summed E-state index contributed by atoms with van der Waals surface area (Å²) in [5.74, 6) is 0.433. The summed E-state index contributed by atoms with van der Waals surface area (Å²) in [4.78, 5) is 23.3. The molecule has 26 heavy (non-hydrogen) atoms. The number of benzene rings is 1.